The lowest BCUT2D eigenvalue weighted by Crippen LogP contribution is -2.48. The number of carboxylic acid groups (broad SMARTS) is 1. The van der Waals surface area contributed by atoms with E-state index >= 15 is 0 Å². The molecule has 4 atom stereocenters. The first-order valence-corrected chi connectivity index (χ1v) is 7.80. The molecule has 0 aromatic carbocycles. The zero-order valence-electron chi connectivity index (χ0n) is 12.0. The third-order valence-corrected chi connectivity index (χ3v) is 5.70. The number of piperidine rings is 1. The van der Waals surface area contributed by atoms with Crippen molar-refractivity contribution in [3.8, 4) is 0 Å². The van der Waals surface area contributed by atoms with Crippen LogP contribution in [0.2, 0.25) is 0 Å². The van der Waals surface area contributed by atoms with E-state index in [1.165, 1.54) is 0 Å². The number of carbonyl (C=O) groups excluding carboxylic acids is 2. The Morgan fingerprint density at radius 1 is 0.952 bits per heavy atom. The van der Waals surface area contributed by atoms with Crippen LogP contribution in [-0.4, -0.2) is 40.9 Å². The van der Waals surface area contributed by atoms with E-state index in [4.69, 9.17) is 5.73 Å². The summed E-state index contributed by atoms with van der Waals surface area (Å²) in [6.45, 7) is 1.04. The van der Waals surface area contributed by atoms with Crippen molar-refractivity contribution in [2.75, 3.05) is 13.1 Å². The van der Waals surface area contributed by atoms with E-state index in [2.05, 4.69) is 0 Å². The van der Waals surface area contributed by atoms with Crippen molar-refractivity contribution in [2.24, 2.45) is 35.3 Å². The number of likely N-dealkylation sites (tertiary alicyclic amines) is 1. The molecule has 1 saturated heterocycles. The smallest absolute Gasteiger partial charge is 0.307 e. The second-order valence-electron chi connectivity index (χ2n) is 6.72. The van der Waals surface area contributed by atoms with Crippen molar-refractivity contribution in [3.63, 3.8) is 0 Å². The molecule has 6 heteroatoms. The predicted octanol–water partition coefficient (Wildman–Crippen LogP) is 0.457. The maximum Gasteiger partial charge on any atom is 0.307 e. The summed E-state index contributed by atoms with van der Waals surface area (Å²) < 4.78 is 0. The molecule has 6 nitrogen and oxygen atoms in total. The lowest BCUT2D eigenvalue weighted by atomic mass is 9.78. The van der Waals surface area contributed by atoms with E-state index in [0.29, 0.717) is 25.9 Å². The normalized spacial score (nSPS) is 35.9. The first kappa shape index (κ1) is 14.4. The van der Waals surface area contributed by atoms with Gasteiger partial charge in [0.1, 0.15) is 0 Å². The summed E-state index contributed by atoms with van der Waals surface area (Å²) in [5, 5.41) is 9.44. The maximum atomic E-state index is 12.7. The minimum absolute atomic E-state index is 0.0162. The summed E-state index contributed by atoms with van der Waals surface area (Å²) in [5.41, 5.74) is 5.30. The molecule has 2 saturated carbocycles. The molecule has 0 radical (unpaired) electrons. The molecule has 0 unspecified atom stereocenters. The van der Waals surface area contributed by atoms with Gasteiger partial charge < -0.3 is 15.7 Å². The highest BCUT2D eigenvalue weighted by molar-refractivity contribution is 5.86. The minimum atomic E-state index is -0.826. The highest BCUT2D eigenvalue weighted by atomic mass is 16.4. The van der Waals surface area contributed by atoms with Gasteiger partial charge in [-0.15, -0.1) is 0 Å². The predicted molar refractivity (Wildman–Crippen MR) is 73.9 cm³/mol. The number of primary amides is 1. The number of hydrogen-bond donors (Lipinski definition) is 2. The third kappa shape index (κ3) is 2.40. The number of nitrogens with zero attached hydrogens (tertiary/aromatic N) is 1. The molecule has 0 aromatic heterocycles. The first-order chi connectivity index (χ1) is 9.99. The van der Waals surface area contributed by atoms with E-state index < -0.39 is 11.9 Å². The van der Waals surface area contributed by atoms with Crippen LogP contribution in [0, 0.1) is 29.6 Å². The van der Waals surface area contributed by atoms with E-state index in [0.717, 1.165) is 19.3 Å². The van der Waals surface area contributed by atoms with Gasteiger partial charge in [0.2, 0.25) is 11.8 Å². The van der Waals surface area contributed by atoms with Gasteiger partial charge >= 0.3 is 5.97 Å². The van der Waals surface area contributed by atoms with Crippen LogP contribution in [0.25, 0.3) is 0 Å². The summed E-state index contributed by atoms with van der Waals surface area (Å²) in [4.78, 5) is 37.2. The number of fused-ring (bicyclic) bond motifs is 2. The molecule has 0 spiro atoms. The Hall–Kier alpha value is -1.59. The van der Waals surface area contributed by atoms with Crippen molar-refractivity contribution in [3.05, 3.63) is 0 Å². The van der Waals surface area contributed by atoms with Gasteiger partial charge in [-0.05, 0) is 43.9 Å². The summed E-state index contributed by atoms with van der Waals surface area (Å²) in [6, 6.07) is 0. The fourth-order valence-corrected chi connectivity index (χ4v) is 4.60. The third-order valence-electron chi connectivity index (χ3n) is 5.70. The molecule has 2 aliphatic carbocycles. The number of carbonyl (C=O) groups is 3. The Morgan fingerprint density at radius 2 is 1.52 bits per heavy atom. The Kier molecular flexibility index (Phi) is 3.63. The number of carboxylic acids is 1. The number of nitrogens with two attached hydrogens (primary N) is 1. The van der Waals surface area contributed by atoms with Crippen molar-refractivity contribution in [1.29, 1.82) is 0 Å². The van der Waals surface area contributed by atoms with Crippen molar-refractivity contribution < 1.29 is 19.5 Å². The largest absolute Gasteiger partial charge is 0.481 e. The van der Waals surface area contributed by atoms with Gasteiger partial charge in [0, 0.05) is 19.0 Å². The molecule has 21 heavy (non-hydrogen) atoms. The Labute approximate surface area is 123 Å². The van der Waals surface area contributed by atoms with Crippen LogP contribution >= 0.6 is 0 Å². The summed E-state index contributed by atoms with van der Waals surface area (Å²) in [6.07, 6.45) is 3.99. The average Bonchev–Trinajstić information content (AvgIpc) is 3.07. The van der Waals surface area contributed by atoms with Gasteiger partial charge in [-0.25, -0.2) is 0 Å². The molecule has 3 aliphatic rings. The highest BCUT2D eigenvalue weighted by Gasteiger charge is 2.54. The van der Waals surface area contributed by atoms with E-state index in [1.807, 2.05) is 0 Å². The van der Waals surface area contributed by atoms with Crippen molar-refractivity contribution in [1.82, 2.24) is 4.90 Å². The lowest BCUT2D eigenvalue weighted by molar-refractivity contribution is -0.153. The highest BCUT2D eigenvalue weighted by Crippen LogP contribution is 2.53. The van der Waals surface area contributed by atoms with Crippen molar-refractivity contribution >= 4 is 17.8 Å². The van der Waals surface area contributed by atoms with Gasteiger partial charge in [0.15, 0.2) is 0 Å². The number of aliphatic carboxylic acids is 1. The monoisotopic (exact) mass is 294 g/mol. The van der Waals surface area contributed by atoms with Crippen LogP contribution in [0.15, 0.2) is 0 Å². The molecule has 2 bridgehead atoms. The zero-order chi connectivity index (χ0) is 15.1. The molecule has 1 aliphatic heterocycles. The second kappa shape index (κ2) is 5.31. The van der Waals surface area contributed by atoms with Crippen LogP contribution in [0.4, 0.5) is 0 Å². The van der Waals surface area contributed by atoms with Crippen molar-refractivity contribution in [2.45, 2.75) is 32.1 Å². The average molecular weight is 294 g/mol. The molecule has 3 N–H and O–H groups in total. The van der Waals surface area contributed by atoms with Gasteiger partial charge in [-0.1, -0.05) is 0 Å². The van der Waals surface area contributed by atoms with Gasteiger partial charge in [-0.2, -0.15) is 0 Å². The van der Waals surface area contributed by atoms with E-state index in [9.17, 15) is 19.5 Å². The van der Waals surface area contributed by atoms with Crippen LogP contribution in [0.5, 0.6) is 0 Å². The van der Waals surface area contributed by atoms with Gasteiger partial charge in [0.25, 0.3) is 0 Å². The zero-order valence-corrected chi connectivity index (χ0v) is 12.0. The molecular weight excluding hydrogens is 272 g/mol. The number of rotatable bonds is 3. The Bertz CT molecular complexity index is 470. The lowest BCUT2D eigenvalue weighted by Gasteiger charge is -2.36. The topological polar surface area (TPSA) is 101 Å². The summed E-state index contributed by atoms with van der Waals surface area (Å²) in [5.74, 6) is -1.75. The molecule has 116 valence electrons. The first-order valence-electron chi connectivity index (χ1n) is 7.80. The Morgan fingerprint density at radius 3 is 2.05 bits per heavy atom. The molecule has 2 amide bonds. The fourth-order valence-electron chi connectivity index (χ4n) is 4.60. The fraction of sp³-hybridized carbons (Fsp3) is 0.800. The van der Waals surface area contributed by atoms with E-state index in [1.54, 1.807) is 4.90 Å². The van der Waals surface area contributed by atoms with Gasteiger partial charge in [-0.3, -0.25) is 14.4 Å². The second-order valence-corrected chi connectivity index (χ2v) is 6.72. The number of hydrogen-bond acceptors (Lipinski definition) is 3. The minimum Gasteiger partial charge on any atom is -0.481 e. The standard InChI is InChI=1S/C15H22N2O4/c16-13(18)8-3-5-17(6-4-8)14(19)11-9-1-2-10(7-9)12(11)15(20)21/h8-12H,1-7H2,(H2,16,18)(H,20,21)/t9-,10+,11+,12+/m1/s1. The van der Waals surface area contributed by atoms with Crippen LogP contribution in [0.1, 0.15) is 32.1 Å². The molecule has 3 fully saturated rings. The maximum absolute atomic E-state index is 12.7. The van der Waals surface area contributed by atoms with Crippen LogP contribution in [0.3, 0.4) is 0 Å². The molecular formula is C15H22N2O4. The molecule has 0 aromatic rings. The molecule has 3 rings (SSSR count). The van der Waals surface area contributed by atoms with Crippen LogP contribution in [-0.2, 0) is 14.4 Å². The van der Waals surface area contributed by atoms with E-state index in [-0.39, 0.29) is 35.5 Å². The molecule has 1 heterocycles. The summed E-state index contributed by atoms with van der Waals surface area (Å²) in [7, 11) is 0. The quantitative estimate of drug-likeness (QED) is 0.789. The number of amides is 2. The Balaban J connectivity index is 1.68. The van der Waals surface area contributed by atoms with Gasteiger partial charge in [0.05, 0.1) is 11.8 Å². The van der Waals surface area contributed by atoms with Crippen LogP contribution < -0.4 is 5.73 Å². The summed E-state index contributed by atoms with van der Waals surface area (Å²) >= 11 is 0. The SMILES string of the molecule is NC(=O)C1CCN(C(=O)[C@H]2[C@@H]3CC[C@@H](C3)[C@@H]2C(=O)O)CC1.